The molecule has 0 unspecified atom stereocenters. The van der Waals surface area contributed by atoms with Gasteiger partial charge in [0, 0.05) is 31.1 Å². The molecule has 3 rings (SSSR count). The number of hydrogen-bond donors (Lipinski definition) is 0. The van der Waals surface area contributed by atoms with Gasteiger partial charge in [-0.2, -0.15) is 0 Å². The number of hydrogen-bond acceptors (Lipinski definition) is 4. The van der Waals surface area contributed by atoms with Crippen LogP contribution in [0.25, 0.3) is 0 Å². The standard InChI is InChI=1S/C18H17Cl2N3O3/c1-18(2)16(24)23(15-13(19)8-12(26-3)9-14(15)20)17(25)22(18)10-11-4-6-21-7-5-11/h4-9H,10H2,1-3H3. The first-order chi connectivity index (χ1) is 12.3. The Kier molecular flexibility index (Phi) is 4.82. The number of nitrogens with zero attached hydrogens (tertiary/aromatic N) is 3. The van der Waals surface area contributed by atoms with Crippen LogP contribution in [0.3, 0.4) is 0 Å². The van der Waals surface area contributed by atoms with Gasteiger partial charge in [-0.1, -0.05) is 23.2 Å². The van der Waals surface area contributed by atoms with E-state index in [1.165, 1.54) is 24.1 Å². The zero-order valence-corrected chi connectivity index (χ0v) is 16.0. The zero-order valence-electron chi connectivity index (χ0n) is 14.5. The van der Waals surface area contributed by atoms with E-state index in [1.54, 1.807) is 38.4 Å². The average molecular weight is 394 g/mol. The van der Waals surface area contributed by atoms with Gasteiger partial charge in [0.25, 0.3) is 5.91 Å². The van der Waals surface area contributed by atoms with Crippen LogP contribution in [0.5, 0.6) is 5.75 Å². The number of amides is 3. The third kappa shape index (κ3) is 2.99. The Balaban J connectivity index is 2.03. The Morgan fingerprint density at radius 1 is 1.12 bits per heavy atom. The average Bonchev–Trinajstić information content (AvgIpc) is 2.76. The number of carbonyl (C=O) groups excluding carboxylic acids is 2. The fourth-order valence-electron chi connectivity index (χ4n) is 2.84. The topological polar surface area (TPSA) is 62.7 Å². The molecule has 0 saturated carbocycles. The van der Waals surface area contributed by atoms with E-state index in [-0.39, 0.29) is 22.3 Å². The highest BCUT2D eigenvalue weighted by molar-refractivity contribution is 6.42. The van der Waals surface area contributed by atoms with E-state index < -0.39 is 17.5 Å². The Bertz CT molecular complexity index is 848. The maximum Gasteiger partial charge on any atom is 0.332 e. The van der Waals surface area contributed by atoms with Crippen molar-refractivity contribution in [3.63, 3.8) is 0 Å². The molecule has 8 heteroatoms. The molecule has 1 saturated heterocycles. The Morgan fingerprint density at radius 2 is 1.69 bits per heavy atom. The van der Waals surface area contributed by atoms with Gasteiger partial charge in [-0.25, -0.2) is 9.69 Å². The maximum absolute atomic E-state index is 13.1. The van der Waals surface area contributed by atoms with Gasteiger partial charge < -0.3 is 9.64 Å². The molecular weight excluding hydrogens is 377 g/mol. The summed E-state index contributed by atoms with van der Waals surface area (Å²) in [6.45, 7) is 3.65. The number of anilines is 1. The van der Waals surface area contributed by atoms with Crippen LogP contribution in [-0.4, -0.2) is 34.5 Å². The number of pyridine rings is 1. The summed E-state index contributed by atoms with van der Waals surface area (Å²) in [5, 5.41) is 0.329. The van der Waals surface area contributed by atoms with Crippen LogP contribution in [0.4, 0.5) is 10.5 Å². The predicted octanol–water partition coefficient (Wildman–Crippen LogP) is 4.14. The maximum atomic E-state index is 13.1. The van der Waals surface area contributed by atoms with Crippen molar-refractivity contribution in [2.24, 2.45) is 0 Å². The summed E-state index contributed by atoms with van der Waals surface area (Å²) in [6, 6.07) is 6.14. The number of carbonyl (C=O) groups is 2. The van der Waals surface area contributed by atoms with E-state index in [0.717, 1.165) is 10.5 Å². The van der Waals surface area contributed by atoms with Gasteiger partial charge in [-0.05, 0) is 31.5 Å². The first-order valence-electron chi connectivity index (χ1n) is 7.85. The monoisotopic (exact) mass is 393 g/mol. The highest BCUT2D eigenvalue weighted by Crippen LogP contribution is 2.42. The number of imide groups is 1. The van der Waals surface area contributed by atoms with Gasteiger partial charge in [-0.3, -0.25) is 9.78 Å². The third-order valence-corrected chi connectivity index (χ3v) is 4.94. The quantitative estimate of drug-likeness (QED) is 0.732. The number of benzene rings is 1. The summed E-state index contributed by atoms with van der Waals surface area (Å²) >= 11 is 12.6. The van der Waals surface area contributed by atoms with Crippen molar-refractivity contribution in [1.29, 1.82) is 0 Å². The highest BCUT2D eigenvalue weighted by Gasteiger charge is 2.52. The van der Waals surface area contributed by atoms with E-state index in [1.807, 2.05) is 0 Å². The smallest absolute Gasteiger partial charge is 0.332 e. The first kappa shape index (κ1) is 18.5. The molecule has 1 fully saturated rings. The Hall–Kier alpha value is -2.31. The Morgan fingerprint density at radius 3 is 2.23 bits per heavy atom. The van der Waals surface area contributed by atoms with Crippen LogP contribution in [0.1, 0.15) is 19.4 Å². The van der Waals surface area contributed by atoms with Crippen molar-refractivity contribution in [3.05, 3.63) is 52.3 Å². The number of rotatable bonds is 4. The zero-order chi connectivity index (χ0) is 19.1. The van der Waals surface area contributed by atoms with Crippen molar-refractivity contribution < 1.29 is 14.3 Å². The first-order valence-corrected chi connectivity index (χ1v) is 8.61. The summed E-state index contributed by atoms with van der Waals surface area (Å²) in [5.74, 6) is 0.0428. The van der Waals surface area contributed by atoms with Crippen LogP contribution in [0.15, 0.2) is 36.7 Å². The summed E-state index contributed by atoms with van der Waals surface area (Å²) in [7, 11) is 1.48. The van der Waals surface area contributed by atoms with E-state index in [4.69, 9.17) is 27.9 Å². The fraction of sp³-hybridized carbons (Fsp3) is 0.278. The lowest BCUT2D eigenvalue weighted by atomic mass is 10.0. The third-order valence-electron chi connectivity index (χ3n) is 4.36. The van der Waals surface area contributed by atoms with Crippen LogP contribution in [0, 0.1) is 0 Å². The molecule has 1 aromatic heterocycles. The number of ether oxygens (including phenoxy) is 1. The molecule has 6 nitrogen and oxygen atoms in total. The number of urea groups is 1. The van der Waals surface area contributed by atoms with Crippen LogP contribution in [-0.2, 0) is 11.3 Å². The molecule has 0 spiro atoms. The normalized spacial score (nSPS) is 16.3. The van der Waals surface area contributed by atoms with Crippen LogP contribution in [0.2, 0.25) is 10.0 Å². The lowest BCUT2D eigenvalue weighted by Crippen LogP contribution is -2.43. The van der Waals surface area contributed by atoms with E-state index in [9.17, 15) is 9.59 Å². The minimum atomic E-state index is -1.05. The molecule has 2 aromatic rings. The molecule has 1 aliphatic heterocycles. The van der Waals surface area contributed by atoms with Crippen molar-refractivity contribution >= 4 is 40.8 Å². The molecule has 26 heavy (non-hydrogen) atoms. The molecule has 0 atom stereocenters. The summed E-state index contributed by atoms with van der Waals surface area (Å²) in [6.07, 6.45) is 3.28. The van der Waals surface area contributed by atoms with Crippen molar-refractivity contribution in [2.45, 2.75) is 25.9 Å². The second kappa shape index (κ2) is 6.78. The lowest BCUT2D eigenvalue weighted by molar-refractivity contribution is -0.123. The fourth-order valence-corrected chi connectivity index (χ4v) is 3.48. The summed E-state index contributed by atoms with van der Waals surface area (Å²) in [4.78, 5) is 32.5. The summed E-state index contributed by atoms with van der Waals surface area (Å²) < 4.78 is 5.11. The second-order valence-corrected chi connectivity index (χ2v) is 7.18. The second-order valence-electron chi connectivity index (χ2n) is 6.36. The molecule has 136 valence electrons. The molecule has 0 N–H and O–H groups in total. The molecule has 1 aliphatic rings. The number of halogens is 2. The van der Waals surface area contributed by atoms with Crippen LogP contribution >= 0.6 is 23.2 Å². The van der Waals surface area contributed by atoms with E-state index in [2.05, 4.69) is 4.98 Å². The minimum absolute atomic E-state index is 0.162. The SMILES string of the molecule is COc1cc(Cl)c(N2C(=O)N(Cc3ccncc3)C(C)(C)C2=O)c(Cl)c1. The van der Waals surface area contributed by atoms with Gasteiger partial charge in [0.2, 0.25) is 0 Å². The predicted molar refractivity (Wildman–Crippen MR) is 99.8 cm³/mol. The number of methoxy groups -OCH3 is 1. The highest BCUT2D eigenvalue weighted by atomic mass is 35.5. The van der Waals surface area contributed by atoms with Gasteiger partial charge in [0.05, 0.1) is 22.8 Å². The molecule has 0 radical (unpaired) electrons. The molecule has 0 bridgehead atoms. The van der Waals surface area contributed by atoms with Crippen molar-refractivity contribution in [3.8, 4) is 5.75 Å². The van der Waals surface area contributed by atoms with E-state index >= 15 is 0 Å². The molecule has 2 heterocycles. The van der Waals surface area contributed by atoms with Gasteiger partial charge in [-0.15, -0.1) is 0 Å². The summed E-state index contributed by atoms with van der Waals surface area (Å²) in [5.41, 5.74) is -0.0233. The number of aromatic nitrogens is 1. The van der Waals surface area contributed by atoms with Crippen LogP contribution < -0.4 is 9.64 Å². The van der Waals surface area contributed by atoms with Crippen molar-refractivity contribution in [2.75, 3.05) is 12.0 Å². The van der Waals surface area contributed by atoms with Gasteiger partial charge in [0.1, 0.15) is 11.3 Å². The molecule has 1 aromatic carbocycles. The van der Waals surface area contributed by atoms with E-state index in [0.29, 0.717) is 5.75 Å². The largest absolute Gasteiger partial charge is 0.497 e. The molecule has 0 aliphatic carbocycles. The van der Waals surface area contributed by atoms with Gasteiger partial charge in [0.15, 0.2) is 0 Å². The minimum Gasteiger partial charge on any atom is -0.497 e. The Labute approximate surface area is 161 Å². The van der Waals surface area contributed by atoms with Crippen molar-refractivity contribution in [1.82, 2.24) is 9.88 Å². The molecular formula is C18H17Cl2N3O3. The lowest BCUT2D eigenvalue weighted by Gasteiger charge is -2.27. The van der Waals surface area contributed by atoms with Gasteiger partial charge >= 0.3 is 6.03 Å². The molecule has 3 amide bonds.